The first kappa shape index (κ1) is 16.6. The molecule has 24 heavy (non-hydrogen) atoms. The summed E-state index contributed by atoms with van der Waals surface area (Å²) in [7, 11) is 1.96. The Hall–Kier alpha value is -2.30. The molecule has 1 heterocycles. The Balaban J connectivity index is 1.83. The van der Waals surface area contributed by atoms with Gasteiger partial charge in [0, 0.05) is 24.3 Å². The molecule has 128 valence electrons. The van der Waals surface area contributed by atoms with Crippen LogP contribution < -0.4 is 16.0 Å². The monoisotopic (exact) mass is 325 g/mol. The van der Waals surface area contributed by atoms with E-state index in [1.165, 1.54) is 25.7 Å². The van der Waals surface area contributed by atoms with Crippen LogP contribution in [0.1, 0.15) is 38.2 Å². The molecule has 3 N–H and O–H groups in total. The van der Waals surface area contributed by atoms with Crippen LogP contribution in [-0.2, 0) is 0 Å². The van der Waals surface area contributed by atoms with Gasteiger partial charge in [-0.3, -0.25) is 0 Å². The van der Waals surface area contributed by atoms with Gasteiger partial charge < -0.3 is 16.0 Å². The molecule has 0 radical (unpaired) electrons. The molecule has 0 bridgehead atoms. The lowest BCUT2D eigenvalue weighted by Gasteiger charge is -2.28. The van der Waals surface area contributed by atoms with Crippen molar-refractivity contribution in [3.63, 3.8) is 0 Å². The molecule has 0 aliphatic heterocycles. The van der Waals surface area contributed by atoms with Gasteiger partial charge >= 0.3 is 0 Å². The number of benzene rings is 1. The van der Waals surface area contributed by atoms with Gasteiger partial charge in [0.05, 0.1) is 0 Å². The molecular formula is C19H27N5. The Kier molecular flexibility index (Phi) is 4.88. The van der Waals surface area contributed by atoms with Crippen LogP contribution in [0.2, 0.25) is 0 Å². The zero-order chi connectivity index (χ0) is 17.1. The molecule has 2 aromatic rings. The average molecular weight is 325 g/mol. The first-order valence-corrected chi connectivity index (χ1v) is 8.74. The fourth-order valence-corrected chi connectivity index (χ4v) is 3.18. The lowest BCUT2D eigenvalue weighted by atomic mass is 9.87. The van der Waals surface area contributed by atoms with Crippen molar-refractivity contribution in [3.05, 3.63) is 35.9 Å². The number of aromatic nitrogens is 2. The third-order valence-electron chi connectivity index (χ3n) is 4.97. The summed E-state index contributed by atoms with van der Waals surface area (Å²) in [5.74, 6) is 2.85. The quantitative estimate of drug-likeness (QED) is 0.885. The van der Waals surface area contributed by atoms with E-state index in [0.29, 0.717) is 17.8 Å². The molecule has 1 aliphatic carbocycles. The second-order valence-corrected chi connectivity index (χ2v) is 6.88. The smallest absolute Gasteiger partial charge is 0.233 e. The van der Waals surface area contributed by atoms with Crippen molar-refractivity contribution >= 4 is 23.3 Å². The van der Waals surface area contributed by atoms with E-state index in [1.807, 2.05) is 49.2 Å². The molecule has 5 heteroatoms. The third kappa shape index (κ3) is 3.61. The van der Waals surface area contributed by atoms with Crippen molar-refractivity contribution < 1.29 is 0 Å². The van der Waals surface area contributed by atoms with E-state index < -0.39 is 0 Å². The Morgan fingerprint density at radius 1 is 1.08 bits per heavy atom. The molecule has 5 nitrogen and oxygen atoms in total. The van der Waals surface area contributed by atoms with Crippen molar-refractivity contribution in [2.24, 2.45) is 5.92 Å². The summed E-state index contributed by atoms with van der Waals surface area (Å²) in [5, 5.41) is 3.60. The molecule has 1 saturated carbocycles. The summed E-state index contributed by atoms with van der Waals surface area (Å²) in [4.78, 5) is 11.2. The largest absolute Gasteiger partial charge is 0.383 e. The lowest BCUT2D eigenvalue weighted by molar-refractivity contribution is 0.360. The summed E-state index contributed by atoms with van der Waals surface area (Å²) in [6, 6.07) is 10.6. The number of nitrogens with zero attached hydrogens (tertiary/aromatic N) is 3. The minimum absolute atomic E-state index is 0.476. The molecule has 1 aliphatic rings. The van der Waals surface area contributed by atoms with Gasteiger partial charge in [0.2, 0.25) is 5.95 Å². The summed E-state index contributed by atoms with van der Waals surface area (Å²) >= 11 is 0. The predicted octanol–water partition coefficient (Wildman–Crippen LogP) is 4.13. The van der Waals surface area contributed by atoms with Crippen LogP contribution in [0.3, 0.4) is 0 Å². The fraction of sp³-hybridized carbons (Fsp3) is 0.474. The Morgan fingerprint density at radius 2 is 1.75 bits per heavy atom. The van der Waals surface area contributed by atoms with Crippen molar-refractivity contribution in [1.29, 1.82) is 0 Å². The van der Waals surface area contributed by atoms with Crippen molar-refractivity contribution in [1.82, 2.24) is 9.97 Å². The van der Waals surface area contributed by atoms with E-state index in [1.54, 1.807) is 0 Å². The molecule has 1 aromatic heterocycles. The summed E-state index contributed by atoms with van der Waals surface area (Å²) < 4.78 is 0. The van der Waals surface area contributed by atoms with Crippen molar-refractivity contribution in [3.8, 4) is 0 Å². The number of nitrogen functional groups attached to an aromatic ring is 1. The second-order valence-electron chi connectivity index (χ2n) is 6.88. The molecule has 0 amide bonds. The van der Waals surface area contributed by atoms with Crippen molar-refractivity contribution in [2.45, 2.75) is 45.6 Å². The standard InChI is InChI=1S/C19H27N5/c1-13-9-11-15(12-10-13)21-18-14(2)17(20)22-19(23-18)24(3)16-7-5-4-6-8-16/h4-8,13,15H,9-12H2,1-3H3,(H3,20,21,22,23). The zero-order valence-corrected chi connectivity index (χ0v) is 14.8. The molecule has 0 atom stereocenters. The summed E-state index contributed by atoms with van der Waals surface area (Å²) in [6.45, 7) is 4.31. The minimum Gasteiger partial charge on any atom is -0.383 e. The molecule has 0 saturated heterocycles. The van der Waals surface area contributed by atoms with Crippen LogP contribution in [0, 0.1) is 12.8 Å². The average Bonchev–Trinajstić information content (AvgIpc) is 2.60. The number of rotatable bonds is 4. The van der Waals surface area contributed by atoms with E-state index in [2.05, 4.69) is 17.2 Å². The summed E-state index contributed by atoms with van der Waals surface area (Å²) in [6.07, 6.45) is 4.92. The highest BCUT2D eigenvalue weighted by molar-refractivity contribution is 5.63. The highest BCUT2D eigenvalue weighted by atomic mass is 15.3. The number of nitrogens with one attached hydrogen (secondary N) is 1. The fourth-order valence-electron chi connectivity index (χ4n) is 3.18. The number of anilines is 4. The number of hydrogen-bond acceptors (Lipinski definition) is 5. The van der Waals surface area contributed by atoms with E-state index in [4.69, 9.17) is 10.7 Å². The van der Waals surface area contributed by atoms with Crippen LogP contribution in [-0.4, -0.2) is 23.1 Å². The zero-order valence-electron chi connectivity index (χ0n) is 14.8. The van der Waals surface area contributed by atoms with E-state index >= 15 is 0 Å². The van der Waals surface area contributed by atoms with Gasteiger partial charge in [0.1, 0.15) is 11.6 Å². The lowest BCUT2D eigenvalue weighted by Crippen LogP contribution is -2.27. The van der Waals surface area contributed by atoms with Gasteiger partial charge in [0.25, 0.3) is 0 Å². The molecule has 0 unspecified atom stereocenters. The van der Waals surface area contributed by atoms with Gasteiger partial charge in [-0.25, -0.2) is 0 Å². The molecule has 1 aromatic carbocycles. The first-order valence-electron chi connectivity index (χ1n) is 8.74. The Morgan fingerprint density at radius 3 is 2.42 bits per heavy atom. The maximum absolute atomic E-state index is 6.15. The van der Waals surface area contributed by atoms with E-state index in [-0.39, 0.29) is 0 Å². The van der Waals surface area contributed by atoms with Gasteiger partial charge in [-0.2, -0.15) is 9.97 Å². The van der Waals surface area contributed by atoms with Crippen LogP contribution >= 0.6 is 0 Å². The van der Waals surface area contributed by atoms with Crippen molar-refractivity contribution in [2.75, 3.05) is 23.0 Å². The summed E-state index contributed by atoms with van der Waals surface area (Å²) in [5.41, 5.74) is 8.12. The van der Waals surface area contributed by atoms with Gasteiger partial charge in [-0.15, -0.1) is 0 Å². The first-order chi connectivity index (χ1) is 11.5. The molecular weight excluding hydrogens is 298 g/mol. The van der Waals surface area contributed by atoms with E-state index in [0.717, 1.165) is 23.0 Å². The highest BCUT2D eigenvalue weighted by Gasteiger charge is 2.20. The molecule has 3 rings (SSSR count). The van der Waals surface area contributed by atoms with Gasteiger partial charge in [0.15, 0.2) is 0 Å². The number of nitrogens with two attached hydrogens (primary N) is 1. The highest BCUT2D eigenvalue weighted by Crippen LogP contribution is 2.29. The molecule has 0 spiro atoms. The van der Waals surface area contributed by atoms with Crippen LogP contribution in [0.25, 0.3) is 0 Å². The van der Waals surface area contributed by atoms with Crippen LogP contribution in [0.5, 0.6) is 0 Å². The second kappa shape index (κ2) is 7.07. The normalized spacial score (nSPS) is 20.6. The number of hydrogen-bond donors (Lipinski definition) is 2. The molecule has 1 fully saturated rings. The predicted molar refractivity (Wildman–Crippen MR) is 101 cm³/mol. The van der Waals surface area contributed by atoms with Gasteiger partial charge in [-0.05, 0) is 50.7 Å². The minimum atomic E-state index is 0.476. The number of para-hydroxylation sites is 1. The Labute approximate surface area is 144 Å². The van der Waals surface area contributed by atoms with E-state index in [9.17, 15) is 0 Å². The SMILES string of the molecule is Cc1c(N)nc(N(C)c2ccccc2)nc1NC1CCC(C)CC1. The van der Waals surface area contributed by atoms with Crippen LogP contribution in [0.15, 0.2) is 30.3 Å². The maximum atomic E-state index is 6.15. The van der Waals surface area contributed by atoms with Crippen LogP contribution in [0.4, 0.5) is 23.3 Å². The Bertz CT molecular complexity index is 678. The topological polar surface area (TPSA) is 67.1 Å². The van der Waals surface area contributed by atoms with Gasteiger partial charge in [-0.1, -0.05) is 25.1 Å². The third-order valence-corrected chi connectivity index (χ3v) is 4.97. The maximum Gasteiger partial charge on any atom is 0.233 e.